The van der Waals surface area contributed by atoms with E-state index in [0.717, 1.165) is 24.3 Å². The molecule has 0 spiro atoms. The van der Waals surface area contributed by atoms with Crippen LogP contribution in [0, 0.1) is 0 Å². The summed E-state index contributed by atoms with van der Waals surface area (Å²) in [4.78, 5) is 0. The van der Waals surface area contributed by atoms with E-state index < -0.39 is 4.74 Å². The summed E-state index contributed by atoms with van der Waals surface area (Å²) in [6, 6.07) is 10.7. The Balaban J connectivity index is 1.70. The van der Waals surface area contributed by atoms with Crippen molar-refractivity contribution < 1.29 is 23.3 Å². The molecule has 0 fully saturated rings. The fraction of sp³-hybridized carbons (Fsp3) is 0.364. The van der Waals surface area contributed by atoms with Crippen molar-refractivity contribution in [2.45, 2.75) is 32.8 Å². The SMILES string of the molecule is CC(C)Oc1ccc(OCCCCOc2c(Cl)cc(OCC=C(F)Br)cc2Cl)cc1. The summed E-state index contributed by atoms with van der Waals surface area (Å²) in [7, 11) is 0. The lowest BCUT2D eigenvalue weighted by molar-refractivity contribution is 0.241. The topological polar surface area (TPSA) is 36.9 Å². The molecule has 0 aliphatic rings. The van der Waals surface area contributed by atoms with Crippen LogP contribution in [-0.4, -0.2) is 25.9 Å². The number of hydrogen-bond donors (Lipinski definition) is 0. The van der Waals surface area contributed by atoms with Gasteiger partial charge in [-0.05, 0) is 73.0 Å². The van der Waals surface area contributed by atoms with Gasteiger partial charge in [0.05, 0.1) is 29.4 Å². The van der Waals surface area contributed by atoms with Gasteiger partial charge in [0.2, 0.25) is 0 Å². The van der Waals surface area contributed by atoms with Crippen LogP contribution >= 0.6 is 39.1 Å². The second kappa shape index (κ2) is 12.9. The van der Waals surface area contributed by atoms with Gasteiger partial charge in [0, 0.05) is 12.1 Å². The summed E-state index contributed by atoms with van der Waals surface area (Å²) in [5, 5.41) is 0.668. The molecular formula is C22H24BrCl2FO4. The molecule has 164 valence electrons. The van der Waals surface area contributed by atoms with E-state index in [9.17, 15) is 4.39 Å². The second-order valence-corrected chi connectivity index (χ2v) is 8.13. The number of rotatable bonds is 12. The van der Waals surface area contributed by atoms with Crippen molar-refractivity contribution in [2.24, 2.45) is 0 Å². The lowest BCUT2D eigenvalue weighted by atomic mass is 10.3. The van der Waals surface area contributed by atoms with E-state index in [1.807, 2.05) is 38.1 Å². The summed E-state index contributed by atoms with van der Waals surface area (Å²) in [6.45, 7) is 5.04. The maximum absolute atomic E-state index is 12.6. The van der Waals surface area contributed by atoms with Crippen LogP contribution in [0.3, 0.4) is 0 Å². The van der Waals surface area contributed by atoms with Gasteiger partial charge >= 0.3 is 0 Å². The van der Waals surface area contributed by atoms with Crippen LogP contribution in [-0.2, 0) is 0 Å². The van der Waals surface area contributed by atoms with Gasteiger partial charge in [-0.3, -0.25) is 0 Å². The van der Waals surface area contributed by atoms with Gasteiger partial charge in [0.25, 0.3) is 0 Å². The maximum Gasteiger partial charge on any atom is 0.165 e. The van der Waals surface area contributed by atoms with Crippen LogP contribution in [0.15, 0.2) is 47.2 Å². The van der Waals surface area contributed by atoms with Crippen molar-refractivity contribution in [1.29, 1.82) is 0 Å². The van der Waals surface area contributed by atoms with Crippen molar-refractivity contribution in [1.82, 2.24) is 0 Å². The van der Waals surface area contributed by atoms with E-state index in [-0.39, 0.29) is 12.7 Å². The highest BCUT2D eigenvalue weighted by Gasteiger charge is 2.10. The highest BCUT2D eigenvalue weighted by molar-refractivity contribution is 9.11. The molecule has 30 heavy (non-hydrogen) atoms. The molecule has 0 amide bonds. The lowest BCUT2D eigenvalue weighted by Gasteiger charge is -2.13. The summed E-state index contributed by atoms with van der Waals surface area (Å²) in [6.07, 6.45) is 2.96. The van der Waals surface area contributed by atoms with Crippen molar-refractivity contribution in [2.75, 3.05) is 19.8 Å². The van der Waals surface area contributed by atoms with Gasteiger partial charge < -0.3 is 18.9 Å². The largest absolute Gasteiger partial charge is 0.494 e. The first kappa shape index (κ1) is 24.6. The zero-order valence-corrected chi connectivity index (χ0v) is 19.9. The highest BCUT2D eigenvalue weighted by atomic mass is 79.9. The Hall–Kier alpha value is -1.63. The first-order valence-corrected chi connectivity index (χ1v) is 11.1. The molecule has 0 saturated heterocycles. The Labute approximate surface area is 195 Å². The van der Waals surface area contributed by atoms with E-state index in [1.54, 1.807) is 12.1 Å². The first-order valence-electron chi connectivity index (χ1n) is 9.50. The van der Waals surface area contributed by atoms with Crippen LogP contribution < -0.4 is 18.9 Å². The smallest absolute Gasteiger partial charge is 0.165 e. The molecule has 2 rings (SSSR count). The molecule has 0 aliphatic carbocycles. The minimum atomic E-state index is -0.499. The Bertz CT molecular complexity index is 801. The van der Waals surface area contributed by atoms with Crippen LogP contribution in [0.1, 0.15) is 26.7 Å². The standard InChI is InChI=1S/C22H24BrCl2FO4/c1-15(2)30-17-7-5-16(6-8-17)27-10-3-4-11-29-22-19(24)13-18(14-20(22)25)28-12-9-21(23)26/h5-9,13-15H,3-4,10-12H2,1-2H3. The zero-order valence-electron chi connectivity index (χ0n) is 16.8. The number of hydrogen-bond acceptors (Lipinski definition) is 4. The molecule has 0 bridgehead atoms. The third kappa shape index (κ3) is 9.02. The zero-order chi connectivity index (χ0) is 21.9. The van der Waals surface area contributed by atoms with Gasteiger partial charge in [0.15, 0.2) is 10.5 Å². The Morgan fingerprint density at radius 1 is 0.933 bits per heavy atom. The molecule has 0 saturated carbocycles. The van der Waals surface area contributed by atoms with Crippen LogP contribution in [0.4, 0.5) is 4.39 Å². The monoisotopic (exact) mass is 520 g/mol. The van der Waals surface area contributed by atoms with Gasteiger partial charge in [-0.1, -0.05) is 23.2 Å². The quantitative estimate of drug-likeness (QED) is 0.269. The highest BCUT2D eigenvalue weighted by Crippen LogP contribution is 2.37. The average molecular weight is 522 g/mol. The molecule has 0 unspecified atom stereocenters. The van der Waals surface area contributed by atoms with Crippen LogP contribution in [0.2, 0.25) is 10.0 Å². The van der Waals surface area contributed by atoms with Crippen LogP contribution in [0.5, 0.6) is 23.0 Å². The molecule has 2 aromatic rings. The minimum absolute atomic E-state index is 0.0530. The summed E-state index contributed by atoms with van der Waals surface area (Å²) >= 11 is 15.1. The third-order valence-corrected chi connectivity index (χ3v) is 4.59. The first-order chi connectivity index (χ1) is 14.3. The predicted octanol–water partition coefficient (Wildman–Crippen LogP) is 7.60. The maximum atomic E-state index is 12.6. The minimum Gasteiger partial charge on any atom is -0.494 e. The fourth-order valence-corrected chi connectivity index (χ4v) is 3.12. The molecular weight excluding hydrogens is 498 g/mol. The van der Waals surface area contributed by atoms with Gasteiger partial charge in [0.1, 0.15) is 23.9 Å². The van der Waals surface area contributed by atoms with Crippen molar-refractivity contribution >= 4 is 39.1 Å². The predicted molar refractivity (Wildman–Crippen MR) is 123 cm³/mol. The summed E-state index contributed by atoms with van der Waals surface area (Å²) in [5.41, 5.74) is 0. The Morgan fingerprint density at radius 2 is 1.50 bits per heavy atom. The summed E-state index contributed by atoms with van der Waals surface area (Å²) in [5.74, 6) is 2.45. The average Bonchev–Trinajstić information content (AvgIpc) is 2.67. The molecule has 0 aromatic heterocycles. The van der Waals surface area contributed by atoms with E-state index in [4.69, 9.17) is 42.1 Å². The molecule has 4 nitrogen and oxygen atoms in total. The molecule has 0 atom stereocenters. The van der Waals surface area contributed by atoms with Crippen LogP contribution in [0.25, 0.3) is 0 Å². The Kier molecular flexibility index (Phi) is 10.6. The fourth-order valence-electron chi connectivity index (χ4n) is 2.41. The third-order valence-electron chi connectivity index (χ3n) is 3.71. The van der Waals surface area contributed by atoms with Crippen molar-refractivity contribution in [3.63, 3.8) is 0 Å². The van der Waals surface area contributed by atoms with E-state index >= 15 is 0 Å². The van der Waals surface area contributed by atoms with Gasteiger partial charge in [-0.15, -0.1) is 0 Å². The normalized spacial score (nSPS) is 11.5. The van der Waals surface area contributed by atoms with Crippen molar-refractivity contribution in [3.8, 4) is 23.0 Å². The van der Waals surface area contributed by atoms with E-state index in [2.05, 4.69) is 15.9 Å². The molecule has 0 heterocycles. The lowest BCUT2D eigenvalue weighted by Crippen LogP contribution is -2.05. The van der Waals surface area contributed by atoms with E-state index in [1.165, 1.54) is 6.08 Å². The van der Waals surface area contributed by atoms with E-state index in [0.29, 0.717) is 34.8 Å². The van der Waals surface area contributed by atoms with Crippen molar-refractivity contribution in [3.05, 3.63) is 57.3 Å². The molecule has 0 aliphatic heterocycles. The number of benzene rings is 2. The molecule has 0 radical (unpaired) electrons. The van der Waals surface area contributed by atoms with Gasteiger partial charge in [-0.2, -0.15) is 4.39 Å². The summed E-state index contributed by atoms with van der Waals surface area (Å²) < 4.78 is 34.5. The Morgan fingerprint density at radius 3 is 2.07 bits per heavy atom. The number of unbranched alkanes of at least 4 members (excludes halogenated alkanes) is 1. The number of halogens is 4. The molecule has 0 N–H and O–H groups in total. The molecule has 2 aromatic carbocycles. The molecule has 8 heteroatoms. The second-order valence-electron chi connectivity index (χ2n) is 6.56. The number of ether oxygens (including phenoxy) is 4. The van der Waals surface area contributed by atoms with Gasteiger partial charge in [-0.25, -0.2) is 0 Å².